The smallest absolute Gasteiger partial charge is 0.495 e. The van der Waals surface area contributed by atoms with E-state index in [0.717, 1.165) is 12.1 Å². The molecule has 0 aromatic heterocycles. The van der Waals surface area contributed by atoms with E-state index in [9.17, 15) is 19.7 Å². The molecule has 0 amide bonds. The second kappa shape index (κ2) is 5.61. The van der Waals surface area contributed by atoms with Gasteiger partial charge in [-0.1, -0.05) is 11.6 Å². The van der Waals surface area contributed by atoms with Crippen LogP contribution in [0.2, 0.25) is 5.02 Å². The molecule has 0 aliphatic carbocycles. The minimum Gasteiger partial charge on any atom is -0.495 e. The summed E-state index contributed by atoms with van der Waals surface area (Å²) >= 11 is 5.71. The molecule has 0 aliphatic rings. The molecule has 108 valence electrons. The molecule has 0 saturated heterocycles. The van der Waals surface area contributed by atoms with Crippen LogP contribution in [0.3, 0.4) is 0 Å². The van der Waals surface area contributed by atoms with E-state index in [1.807, 2.05) is 0 Å². The Morgan fingerprint density at radius 3 is 2.30 bits per heavy atom. The molecular formula is C10H8ClNO8. The Balaban J connectivity index is 3.30. The van der Waals surface area contributed by atoms with Crippen molar-refractivity contribution in [3.05, 3.63) is 33.3 Å². The molecule has 0 atom stereocenters. The number of benzene rings is 1. The van der Waals surface area contributed by atoms with Crippen LogP contribution >= 0.6 is 11.6 Å². The van der Waals surface area contributed by atoms with Crippen molar-refractivity contribution < 1.29 is 34.2 Å². The van der Waals surface area contributed by atoms with Crippen molar-refractivity contribution in [3.8, 4) is 11.5 Å². The molecule has 0 fully saturated rings. The van der Waals surface area contributed by atoms with Gasteiger partial charge >= 0.3 is 17.7 Å². The fourth-order valence-electron chi connectivity index (χ4n) is 1.25. The molecule has 10 heteroatoms. The largest absolute Gasteiger partial charge is 0.558 e. The molecule has 0 radical (unpaired) electrons. The lowest BCUT2D eigenvalue weighted by Gasteiger charge is -2.18. The fourth-order valence-corrected chi connectivity index (χ4v) is 1.44. The number of hydrogen-bond acceptors (Lipinski definition) is 6. The molecule has 2 N–H and O–H groups in total. The maximum Gasteiger partial charge on any atom is 0.558 e. The molecular weight excluding hydrogens is 298 g/mol. The van der Waals surface area contributed by atoms with Gasteiger partial charge in [-0.25, -0.2) is 9.59 Å². The summed E-state index contributed by atoms with van der Waals surface area (Å²) in [6, 6.07) is 3.32. The summed E-state index contributed by atoms with van der Waals surface area (Å²) in [5.41, 5.74) is -3.65. The Kier molecular flexibility index (Phi) is 4.35. The first-order valence-corrected chi connectivity index (χ1v) is 5.27. The van der Waals surface area contributed by atoms with Crippen LogP contribution in [0.1, 0.15) is 0 Å². The van der Waals surface area contributed by atoms with Crippen LogP contribution in [0.25, 0.3) is 0 Å². The molecule has 0 spiro atoms. The lowest BCUT2D eigenvalue weighted by Crippen LogP contribution is -2.58. The molecule has 1 aromatic rings. The predicted octanol–water partition coefficient (Wildman–Crippen LogP) is 0.870. The van der Waals surface area contributed by atoms with Crippen molar-refractivity contribution in [2.75, 3.05) is 7.11 Å². The number of ether oxygens (including phenoxy) is 2. The molecule has 0 heterocycles. The third-order valence-electron chi connectivity index (χ3n) is 2.23. The first-order chi connectivity index (χ1) is 9.25. The highest BCUT2D eigenvalue weighted by Crippen LogP contribution is 2.30. The van der Waals surface area contributed by atoms with E-state index in [2.05, 4.69) is 4.74 Å². The maximum atomic E-state index is 10.9. The zero-order valence-electron chi connectivity index (χ0n) is 9.90. The van der Waals surface area contributed by atoms with Gasteiger partial charge in [-0.15, -0.1) is 0 Å². The third kappa shape index (κ3) is 2.57. The number of nitrogens with zero attached hydrogens (tertiary/aromatic N) is 1. The van der Waals surface area contributed by atoms with Gasteiger partial charge in [0.15, 0.2) is 0 Å². The van der Waals surface area contributed by atoms with Crippen molar-refractivity contribution in [2.24, 2.45) is 0 Å². The minimum atomic E-state index is -3.65. The van der Waals surface area contributed by atoms with E-state index in [-0.39, 0.29) is 10.8 Å². The van der Waals surface area contributed by atoms with Crippen LogP contribution in [0.5, 0.6) is 11.5 Å². The Hall–Kier alpha value is -2.55. The molecule has 0 bridgehead atoms. The quantitative estimate of drug-likeness (QED) is 0.342. The highest BCUT2D eigenvalue weighted by atomic mass is 35.5. The monoisotopic (exact) mass is 305 g/mol. The summed E-state index contributed by atoms with van der Waals surface area (Å²) in [4.78, 5) is 31.1. The summed E-state index contributed by atoms with van der Waals surface area (Å²) in [6.07, 6.45) is 0. The summed E-state index contributed by atoms with van der Waals surface area (Å²) in [5, 5.41) is 28.5. The lowest BCUT2D eigenvalue weighted by atomic mass is 10.2. The number of carboxylic acid groups (broad SMARTS) is 2. The zero-order valence-corrected chi connectivity index (χ0v) is 10.7. The number of aliphatic carboxylic acids is 2. The van der Waals surface area contributed by atoms with E-state index in [0.29, 0.717) is 0 Å². The lowest BCUT2D eigenvalue weighted by molar-refractivity contribution is -0.582. The van der Waals surface area contributed by atoms with Gasteiger partial charge in [-0.3, -0.25) is 10.1 Å². The SMILES string of the molecule is COc1cc(OC(C(=O)O)(C(=O)O)[N+](=O)[O-])ccc1Cl. The average Bonchev–Trinajstić information content (AvgIpc) is 2.36. The van der Waals surface area contributed by atoms with Crippen molar-refractivity contribution in [2.45, 2.75) is 5.72 Å². The number of carbonyl (C=O) groups is 2. The standard InChI is InChI=1S/C10H8ClNO8/c1-19-7-4-5(2-3-6(7)11)20-10(8(13)14,9(15)16)12(17)18/h2-4H,1H3,(H,13,14)(H,15,16). The molecule has 1 aromatic carbocycles. The Bertz CT molecular complexity index is 536. The van der Waals surface area contributed by atoms with Crippen LogP contribution in [0.15, 0.2) is 18.2 Å². The van der Waals surface area contributed by atoms with Gasteiger partial charge in [0.1, 0.15) is 11.5 Å². The first-order valence-electron chi connectivity index (χ1n) is 4.89. The number of methoxy groups -OCH3 is 1. The Morgan fingerprint density at radius 1 is 1.35 bits per heavy atom. The van der Waals surface area contributed by atoms with Gasteiger partial charge in [-0.05, 0) is 12.1 Å². The van der Waals surface area contributed by atoms with Crippen molar-refractivity contribution in [3.63, 3.8) is 0 Å². The summed E-state index contributed by atoms with van der Waals surface area (Å²) < 4.78 is 9.35. The normalized spacial score (nSPS) is 10.7. The Morgan fingerprint density at radius 2 is 1.90 bits per heavy atom. The second-order valence-corrected chi connectivity index (χ2v) is 3.82. The topological polar surface area (TPSA) is 136 Å². The summed E-state index contributed by atoms with van der Waals surface area (Å²) in [6.45, 7) is 0. The number of hydrogen-bond donors (Lipinski definition) is 2. The molecule has 1 rings (SSSR count). The van der Waals surface area contributed by atoms with Gasteiger partial charge in [0.25, 0.3) is 0 Å². The summed E-state index contributed by atoms with van der Waals surface area (Å²) in [5.74, 6) is -4.90. The Labute approximate surface area is 116 Å². The van der Waals surface area contributed by atoms with Gasteiger partial charge in [0.05, 0.1) is 17.1 Å². The molecule has 9 nitrogen and oxygen atoms in total. The van der Waals surface area contributed by atoms with Crippen molar-refractivity contribution in [1.82, 2.24) is 0 Å². The second-order valence-electron chi connectivity index (χ2n) is 3.41. The number of carboxylic acids is 2. The minimum absolute atomic E-state index is 0.0391. The van der Waals surface area contributed by atoms with Crippen LogP contribution in [0.4, 0.5) is 0 Å². The van der Waals surface area contributed by atoms with Crippen LogP contribution < -0.4 is 9.47 Å². The van der Waals surface area contributed by atoms with Crippen LogP contribution in [-0.4, -0.2) is 39.9 Å². The van der Waals surface area contributed by atoms with Gasteiger partial charge in [0, 0.05) is 6.07 Å². The predicted molar refractivity (Wildman–Crippen MR) is 63.6 cm³/mol. The van der Waals surface area contributed by atoms with Crippen molar-refractivity contribution in [1.29, 1.82) is 0 Å². The van der Waals surface area contributed by atoms with E-state index < -0.39 is 28.3 Å². The summed E-state index contributed by atoms with van der Waals surface area (Å²) in [7, 11) is 1.25. The highest BCUT2D eigenvalue weighted by Gasteiger charge is 2.64. The third-order valence-corrected chi connectivity index (χ3v) is 2.54. The molecule has 0 saturated carbocycles. The van der Waals surface area contributed by atoms with Gasteiger partial charge in [0.2, 0.25) is 0 Å². The van der Waals surface area contributed by atoms with E-state index in [1.54, 1.807) is 0 Å². The average molecular weight is 306 g/mol. The first kappa shape index (κ1) is 15.5. The molecule has 20 heavy (non-hydrogen) atoms. The van der Waals surface area contributed by atoms with Gasteiger partial charge < -0.3 is 19.7 Å². The van der Waals surface area contributed by atoms with E-state index in [1.165, 1.54) is 13.2 Å². The van der Waals surface area contributed by atoms with Crippen molar-refractivity contribution >= 4 is 23.5 Å². The molecule has 0 aliphatic heterocycles. The fraction of sp³-hybridized carbons (Fsp3) is 0.200. The van der Waals surface area contributed by atoms with Crippen LogP contribution in [-0.2, 0) is 9.59 Å². The van der Waals surface area contributed by atoms with E-state index in [4.69, 9.17) is 26.6 Å². The van der Waals surface area contributed by atoms with E-state index >= 15 is 0 Å². The van der Waals surface area contributed by atoms with Gasteiger partial charge in [-0.2, -0.15) is 0 Å². The van der Waals surface area contributed by atoms with Crippen LogP contribution in [0, 0.1) is 10.1 Å². The number of nitro groups is 1. The number of rotatable bonds is 6. The number of halogens is 1. The maximum absolute atomic E-state index is 10.9. The highest BCUT2D eigenvalue weighted by molar-refractivity contribution is 6.32. The zero-order chi connectivity index (χ0) is 15.5. The molecule has 0 unspecified atom stereocenters.